The quantitative estimate of drug-likeness (QED) is 0.105. The number of ketones is 2. The van der Waals surface area contributed by atoms with Gasteiger partial charge in [0.05, 0.1) is 14.2 Å². The molecule has 3 rings (SSSR count). The number of benzene rings is 3. The van der Waals surface area contributed by atoms with Crippen LogP contribution in [0.4, 0.5) is 0 Å². The second-order valence-corrected chi connectivity index (χ2v) is 12.6. The maximum absolute atomic E-state index is 14.6. The van der Waals surface area contributed by atoms with Crippen molar-refractivity contribution in [1.82, 2.24) is 0 Å². The molecule has 1 unspecified atom stereocenters. The zero-order valence-corrected chi connectivity index (χ0v) is 27.3. The summed E-state index contributed by atoms with van der Waals surface area (Å²) in [4.78, 5) is 64.3. The van der Waals surface area contributed by atoms with Crippen LogP contribution in [-0.2, 0) is 25.2 Å². The highest BCUT2D eigenvalue weighted by atomic mass is 31.1. The predicted octanol–water partition coefficient (Wildman–Crippen LogP) is 6.51. The number of allylic oxidation sites excluding steroid dienone is 2. The van der Waals surface area contributed by atoms with Gasteiger partial charge in [-0.25, -0.2) is 9.59 Å². The monoisotopic (exact) mass is 612 g/mol. The Morgan fingerprint density at radius 1 is 0.614 bits per heavy atom. The maximum atomic E-state index is 14.6. The Balaban J connectivity index is 2.18. The number of hydrogen-bond donors (Lipinski definition) is 0. The Labute approximate surface area is 259 Å². The Hall–Kier alpha value is -4.48. The van der Waals surface area contributed by atoms with E-state index in [-0.39, 0.29) is 11.3 Å². The molecule has 0 heterocycles. The van der Waals surface area contributed by atoms with Gasteiger partial charge < -0.3 is 9.47 Å². The number of esters is 2. The summed E-state index contributed by atoms with van der Waals surface area (Å²) in [6.45, 7) is 11.1. The van der Waals surface area contributed by atoms with Crippen LogP contribution in [-0.4, -0.2) is 43.2 Å². The van der Waals surface area contributed by atoms with Gasteiger partial charge in [0, 0.05) is 42.9 Å². The van der Waals surface area contributed by atoms with Gasteiger partial charge in [0.25, 0.3) is 0 Å². The van der Waals surface area contributed by atoms with E-state index in [1.165, 1.54) is 20.3 Å². The molecule has 0 saturated carbocycles. The van der Waals surface area contributed by atoms with Crippen molar-refractivity contribution in [2.75, 3.05) is 14.2 Å². The number of hydrogen-bond acceptors (Lipinski definition) is 7. The van der Waals surface area contributed by atoms with E-state index in [0.29, 0.717) is 34.0 Å². The molecule has 0 aromatic heterocycles. The molecule has 0 aliphatic carbocycles. The summed E-state index contributed by atoms with van der Waals surface area (Å²) in [6.07, 6.45) is 4.91. The summed E-state index contributed by atoms with van der Waals surface area (Å²) in [7, 11) is 0.975. The number of carbonyl (C=O) groups is 5. The second-order valence-electron chi connectivity index (χ2n) is 10.5. The molecule has 8 heteroatoms. The molecule has 0 aliphatic rings. The van der Waals surface area contributed by atoms with Crippen molar-refractivity contribution in [2.24, 2.45) is 0 Å². The molecule has 0 fully saturated rings. The van der Waals surface area contributed by atoms with Crippen LogP contribution in [0.2, 0.25) is 0 Å². The van der Waals surface area contributed by atoms with Gasteiger partial charge in [-0.1, -0.05) is 42.5 Å². The van der Waals surface area contributed by atoms with Gasteiger partial charge in [0.15, 0.2) is 17.1 Å². The van der Waals surface area contributed by atoms with Crippen molar-refractivity contribution in [1.29, 1.82) is 0 Å². The molecule has 1 atom stereocenters. The molecule has 0 amide bonds. The Morgan fingerprint density at radius 2 is 1.07 bits per heavy atom. The summed E-state index contributed by atoms with van der Waals surface area (Å²) < 4.78 is 9.25. The number of methoxy groups -OCH3 is 2. The highest BCUT2D eigenvalue weighted by molar-refractivity contribution is 7.81. The van der Waals surface area contributed by atoms with Gasteiger partial charge in [-0.15, -0.1) is 0 Å². The molecule has 0 spiro atoms. The highest BCUT2D eigenvalue weighted by Gasteiger charge is 2.29. The summed E-state index contributed by atoms with van der Waals surface area (Å²) in [5.74, 6) is -1.99. The molecule has 228 valence electrons. The summed E-state index contributed by atoms with van der Waals surface area (Å²) in [5, 5.41) is 0.864. The van der Waals surface area contributed by atoms with E-state index >= 15 is 0 Å². The van der Waals surface area contributed by atoms with Crippen LogP contribution in [0.3, 0.4) is 0 Å². The van der Waals surface area contributed by atoms with E-state index in [0.717, 1.165) is 51.3 Å². The van der Waals surface area contributed by atoms with E-state index < -0.39 is 25.6 Å². The first-order chi connectivity index (χ1) is 20.8. The lowest BCUT2D eigenvalue weighted by Gasteiger charge is -2.24. The number of rotatable bonds is 11. The average Bonchev–Trinajstić information content (AvgIpc) is 2.98. The van der Waals surface area contributed by atoms with Crippen molar-refractivity contribution >= 4 is 42.3 Å². The molecule has 0 N–H and O–H groups in total. The first-order valence-electron chi connectivity index (χ1n) is 14.0. The van der Waals surface area contributed by atoms with E-state index in [1.54, 1.807) is 13.8 Å². The fourth-order valence-electron chi connectivity index (χ4n) is 5.51. The van der Waals surface area contributed by atoms with E-state index in [1.807, 2.05) is 70.2 Å². The molecule has 0 bridgehead atoms. The fraction of sp³-hybridized carbons (Fsp3) is 0.250. The number of aryl methyl sites for hydroxylation is 4. The Bertz CT molecular complexity index is 1700. The molecular weight excluding hydrogens is 575 g/mol. The minimum absolute atomic E-state index is 0.0926. The molecule has 0 saturated heterocycles. The first kappa shape index (κ1) is 34.0. The lowest BCUT2D eigenvalue weighted by Crippen LogP contribution is -2.17. The average molecular weight is 613 g/mol. The van der Waals surface area contributed by atoms with Crippen LogP contribution in [0.15, 0.2) is 66.8 Å². The van der Waals surface area contributed by atoms with Crippen molar-refractivity contribution in [3.05, 3.63) is 122 Å². The molecule has 7 nitrogen and oxygen atoms in total. The largest absolute Gasteiger partial charge is 0.466 e. The summed E-state index contributed by atoms with van der Waals surface area (Å²) in [6, 6.07) is 13.3. The Kier molecular flexibility index (Phi) is 11.4. The normalized spacial score (nSPS) is 11.9. The standard InChI is InChI=1S/C36H37O7P/c1-21-18-22(2)33(29(37)14-16-31(39)42-7)25(5)28(21)20-44(27-12-10-9-11-13-27)36(41)35-24(4)19-23(3)34(26(35)6)30(38)15-17-32(40)43-8/h9-19H,20H2,1-8H3/b16-14-,17-15-. The molecular formula is C36H37O7P. The van der Waals surface area contributed by atoms with E-state index in [2.05, 4.69) is 9.47 Å². The fourth-order valence-corrected chi connectivity index (χ4v) is 8.02. The predicted molar refractivity (Wildman–Crippen MR) is 173 cm³/mol. The highest BCUT2D eigenvalue weighted by Crippen LogP contribution is 2.46. The van der Waals surface area contributed by atoms with E-state index in [9.17, 15) is 24.0 Å². The van der Waals surface area contributed by atoms with Crippen LogP contribution >= 0.6 is 7.92 Å². The SMILES string of the molecule is COC(=O)/C=C\C(=O)c1c(C)cc(C)c(CP(C(=O)c2c(C)cc(C)c(C(=O)/C=C\C(=O)OC)c2C)c2ccccc2)c1C. The Morgan fingerprint density at radius 3 is 1.57 bits per heavy atom. The van der Waals surface area contributed by atoms with Gasteiger partial charge in [-0.2, -0.15) is 0 Å². The van der Waals surface area contributed by atoms with Crippen molar-refractivity contribution in [3.8, 4) is 0 Å². The van der Waals surface area contributed by atoms with Crippen LogP contribution in [0.25, 0.3) is 0 Å². The van der Waals surface area contributed by atoms with Gasteiger partial charge in [0.1, 0.15) is 0 Å². The molecule has 3 aromatic rings. The van der Waals surface area contributed by atoms with Gasteiger partial charge in [-0.05, 0) is 97.9 Å². The van der Waals surface area contributed by atoms with Gasteiger partial charge >= 0.3 is 11.9 Å². The van der Waals surface area contributed by atoms with Crippen molar-refractivity contribution < 1.29 is 33.4 Å². The zero-order valence-electron chi connectivity index (χ0n) is 26.4. The lowest BCUT2D eigenvalue weighted by atomic mass is 9.91. The maximum Gasteiger partial charge on any atom is 0.330 e. The van der Waals surface area contributed by atoms with Crippen LogP contribution in [0.1, 0.15) is 70.0 Å². The van der Waals surface area contributed by atoms with Gasteiger partial charge in [0.2, 0.25) is 0 Å². The number of ether oxygens (including phenoxy) is 2. The molecule has 44 heavy (non-hydrogen) atoms. The minimum Gasteiger partial charge on any atom is -0.466 e. The first-order valence-corrected chi connectivity index (χ1v) is 15.5. The summed E-state index contributed by atoms with van der Waals surface area (Å²) in [5.41, 5.74) is 6.59. The zero-order chi connectivity index (χ0) is 32.7. The smallest absolute Gasteiger partial charge is 0.330 e. The number of carbonyl (C=O) groups excluding carboxylic acids is 5. The van der Waals surface area contributed by atoms with Gasteiger partial charge in [-0.3, -0.25) is 14.4 Å². The third-order valence-corrected chi connectivity index (χ3v) is 9.85. The van der Waals surface area contributed by atoms with Crippen LogP contribution in [0.5, 0.6) is 0 Å². The third-order valence-electron chi connectivity index (χ3n) is 7.58. The third kappa shape index (κ3) is 7.53. The molecule has 3 aromatic carbocycles. The van der Waals surface area contributed by atoms with E-state index in [4.69, 9.17) is 0 Å². The lowest BCUT2D eigenvalue weighted by molar-refractivity contribution is -0.135. The van der Waals surface area contributed by atoms with Crippen molar-refractivity contribution in [2.45, 2.75) is 47.7 Å². The second kappa shape index (κ2) is 14.8. The molecule has 0 aliphatic heterocycles. The van der Waals surface area contributed by atoms with Crippen LogP contribution in [0, 0.1) is 41.5 Å². The molecule has 0 radical (unpaired) electrons. The van der Waals surface area contributed by atoms with Crippen LogP contribution < -0.4 is 5.30 Å². The summed E-state index contributed by atoms with van der Waals surface area (Å²) >= 11 is 0. The van der Waals surface area contributed by atoms with Crippen molar-refractivity contribution in [3.63, 3.8) is 0 Å². The topological polar surface area (TPSA) is 104 Å². The minimum atomic E-state index is -1.50.